The van der Waals surface area contributed by atoms with Gasteiger partial charge in [0.05, 0.1) is 12.0 Å². The number of amides is 1. The fourth-order valence-electron chi connectivity index (χ4n) is 1.44. The van der Waals surface area contributed by atoms with E-state index in [0.717, 1.165) is 0 Å². The van der Waals surface area contributed by atoms with Crippen LogP contribution in [0.15, 0.2) is 18.2 Å². The molecule has 1 aromatic rings. The molecule has 1 amide bonds. The average molecular weight is 251 g/mol. The van der Waals surface area contributed by atoms with Gasteiger partial charge in [0.25, 0.3) is 0 Å². The number of carbonyl (C=O) groups is 3. The van der Waals surface area contributed by atoms with Crippen molar-refractivity contribution in [2.75, 3.05) is 5.32 Å². The lowest BCUT2D eigenvalue weighted by molar-refractivity contribution is -0.138. The predicted octanol–water partition coefficient (Wildman–Crippen LogP) is 1.50. The number of nitrogens with one attached hydrogen (secondary N) is 1. The Hall–Kier alpha value is -2.37. The normalized spacial score (nSPS) is 9.83. The highest BCUT2D eigenvalue weighted by Crippen LogP contribution is 2.19. The van der Waals surface area contributed by atoms with E-state index in [1.807, 2.05) is 0 Å². The lowest BCUT2D eigenvalue weighted by Gasteiger charge is -2.09. The quantitative estimate of drug-likeness (QED) is 0.735. The van der Waals surface area contributed by atoms with Crippen molar-refractivity contribution in [3.63, 3.8) is 0 Å². The summed E-state index contributed by atoms with van der Waals surface area (Å²) in [6.07, 6.45) is -0.407. The molecule has 0 bridgehead atoms. The van der Waals surface area contributed by atoms with Gasteiger partial charge in [0, 0.05) is 12.1 Å². The van der Waals surface area contributed by atoms with Crippen molar-refractivity contribution in [3.05, 3.63) is 29.3 Å². The van der Waals surface area contributed by atoms with Crippen LogP contribution in [0.3, 0.4) is 0 Å². The van der Waals surface area contributed by atoms with Gasteiger partial charge in [-0.15, -0.1) is 0 Å². The van der Waals surface area contributed by atoms with Gasteiger partial charge in [0.15, 0.2) is 0 Å². The largest absolute Gasteiger partial charge is 0.481 e. The fraction of sp³-hybridized carbons (Fsp3) is 0.250. The molecule has 0 aliphatic rings. The summed E-state index contributed by atoms with van der Waals surface area (Å²) in [4.78, 5) is 32.6. The highest BCUT2D eigenvalue weighted by Gasteiger charge is 2.12. The molecular formula is C12H13NO5. The number of carboxylic acids is 2. The van der Waals surface area contributed by atoms with E-state index in [1.54, 1.807) is 13.0 Å². The molecule has 0 aliphatic carbocycles. The minimum Gasteiger partial charge on any atom is -0.481 e. The Kier molecular flexibility index (Phi) is 4.42. The van der Waals surface area contributed by atoms with Crippen LogP contribution in [0.5, 0.6) is 0 Å². The molecule has 0 heterocycles. The van der Waals surface area contributed by atoms with Crippen LogP contribution in [0.2, 0.25) is 0 Å². The van der Waals surface area contributed by atoms with Crippen molar-refractivity contribution in [1.29, 1.82) is 0 Å². The summed E-state index contributed by atoms with van der Waals surface area (Å²) in [6, 6.07) is 4.52. The summed E-state index contributed by atoms with van der Waals surface area (Å²) < 4.78 is 0. The Morgan fingerprint density at radius 3 is 2.39 bits per heavy atom. The highest BCUT2D eigenvalue weighted by molar-refractivity contribution is 5.96. The second-order valence-electron chi connectivity index (χ2n) is 3.73. The van der Waals surface area contributed by atoms with Crippen LogP contribution in [0, 0.1) is 6.92 Å². The third kappa shape index (κ3) is 3.58. The number of rotatable bonds is 5. The highest BCUT2D eigenvalue weighted by atomic mass is 16.4. The van der Waals surface area contributed by atoms with Gasteiger partial charge in [-0.2, -0.15) is 0 Å². The first-order valence-corrected chi connectivity index (χ1v) is 5.26. The molecule has 0 unspecified atom stereocenters. The Balaban J connectivity index is 2.79. The Bertz CT molecular complexity index is 495. The minimum atomic E-state index is -1.07. The van der Waals surface area contributed by atoms with Crippen LogP contribution in [-0.4, -0.2) is 28.1 Å². The van der Waals surface area contributed by atoms with Crippen LogP contribution >= 0.6 is 0 Å². The first-order chi connectivity index (χ1) is 8.41. The van der Waals surface area contributed by atoms with E-state index < -0.39 is 17.8 Å². The van der Waals surface area contributed by atoms with E-state index in [9.17, 15) is 14.4 Å². The minimum absolute atomic E-state index is 0.103. The number of hydrogen-bond acceptors (Lipinski definition) is 3. The van der Waals surface area contributed by atoms with E-state index >= 15 is 0 Å². The van der Waals surface area contributed by atoms with Crippen molar-refractivity contribution in [2.45, 2.75) is 19.8 Å². The number of carboxylic acid groups (broad SMARTS) is 2. The molecule has 0 spiro atoms. The Morgan fingerprint density at radius 2 is 1.83 bits per heavy atom. The van der Waals surface area contributed by atoms with Gasteiger partial charge in [-0.1, -0.05) is 6.07 Å². The van der Waals surface area contributed by atoms with Crippen LogP contribution in [0.1, 0.15) is 28.8 Å². The third-order valence-corrected chi connectivity index (χ3v) is 2.40. The zero-order valence-electron chi connectivity index (χ0n) is 9.77. The standard InChI is InChI=1S/C12H13NO5/c1-7-8(12(17)18)3-2-4-9(7)13-10(14)5-6-11(15)16/h2-4H,5-6H2,1H3,(H,13,14)(H,15,16)(H,17,18). The molecule has 1 rings (SSSR count). The molecule has 0 saturated carbocycles. The molecule has 96 valence electrons. The van der Waals surface area contributed by atoms with Gasteiger partial charge in [-0.05, 0) is 24.6 Å². The molecule has 0 fully saturated rings. The SMILES string of the molecule is Cc1c(NC(=O)CCC(=O)O)cccc1C(=O)O. The van der Waals surface area contributed by atoms with Crippen molar-refractivity contribution in [1.82, 2.24) is 0 Å². The van der Waals surface area contributed by atoms with Gasteiger partial charge >= 0.3 is 11.9 Å². The first kappa shape index (κ1) is 13.7. The first-order valence-electron chi connectivity index (χ1n) is 5.26. The molecule has 3 N–H and O–H groups in total. The summed E-state index contributed by atoms with van der Waals surface area (Å²) in [7, 11) is 0. The summed E-state index contributed by atoms with van der Waals surface area (Å²) in [6.45, 7) is 1.58. The number of anilines is 1. The maximum Gasteiger partial charge on any atom is 0.336 e. The summed E-state index contributed by atoms with van der Waals surface area (Å²) in [5.41, 5.74) is 0.921. The maximum atomic E-state index is 11.4. The number of benzene rings is 1. The molecule has 6 heteroatoms. The van der Waals surface area contributed by atoms with Crippen molar-refractivity contribution >= 4 is 23.5 Å². The molecule has 0 atom stereocenters. The number of aromatic carboxylic acids is 1. The van der Waals surface area contributed by atoms with E-state index in [4.69, 9.17) is 10.2 Å². The van der Waals surface area contributed by atoms with Crippen LogP contribution in [-0.2, 0) is 9.59 Å². The topological polar surface area (TPSA) is 104 Å². The van der Waals surface area contributed by atoms with E-state index in [-0.39, 0.29) is 18.4 Å². The summed E-state index contributed by atoms with van der Waals surface area (Å²) in [5, 5.41) is 19.8. The van der Waals surface area contributed by atoms with Crippen LogP contribution in [0.25, 0.3) is 0 Å². The van der Waals surface area contributed by atoms with Gasteiger partial charge in [0.2, 0.25) is 5.91 Å². The molecule has 0 saturated heterocycles. The monoisotopic (exact) mass is 251 g/mol. The zero-order chi connectivity index (χ0) is 13.7. The van der Waals surface area contributed by atoms with Crippen molar-refractivity contribution in [2.24, 2.45) is 0 Å². The van der Waals surface area contributed by atoms with E-state index in [2.05, 4.69) is 5.32 Å². The van der Waals surface area contributed by atoms with Gasteiger partial charge in [-0.3, -0.25) is 9.59 Å². The lowest BCUT2D eigenvalue weighted by Crippen LogP contribution is -2.15. The second-order valence-corrected chi connectivity index (χ2v) is 3.73. The fourth-order valence-corrected chi connectivity index (χ4v) is 1.44. The zero-order valence-corrected chi connectivity index (χ0v) is 9.77. The van der Waals surface area contributed by atoms with Gasteiger partial charge in [0.1, 0.15) is 0 Å². The molecule has 18 heavy (non-hydrogen) atoms. The molecule has 6 nitrogen and oxygen atoms in total. The molecule has 1 aromatic carbocycles. The second kappa shape index (κ2) is 5.81. The summed E-state index contributed by atoms with van der Waals surface area (Å²) in [5.74, 6) is -2.58. The predicted molar refractivity (Wildman–Crippen MR) is 63.6 cm³/mol. The van der Waals surface area contributed by atoms with Gasteiger partial charge in [-0.25, -0.2) is 4.79 Å². The summed E-state index contributed by atoms with van der Waals surface area (Å²) >= 11 is 0. The van der Waals surface area contributed by atoms with Crippen LogP contribution in [0.4, 0.5) is 5.69 Å². The number of aliphatic carboxylic acids is 1. The molecule has 0 radical (unpaired) electrons. The van der Waals surface area contributed by atoms with E-state index in [0.29, 0.717) is 11.3 Å². The maximum absolute atomic E-state index is 11.4. The molecule has 0 aromatic heterocycles. The third-order valence-electron chi connectivity index (χ3n) is 2.40. The Labute approximate surface area is 103 Å². The molecule has 0 aliphatic heterocycles. The average Bonchev–Trinajstić information content (AvgIpc) is 2.29. The van der Waals surface area contributed by atoms with Crippen LogP contribution < -0.4 is 5.32 Å². The van der Waals surface area contributed by atoms with E-state index in [1.165, 1.54) is 12.1 Å². The number of hydrogen-bond donors (Lipinski definition) is 3. The number of carbonyl (C=O) groups excluding carboxylic acids is 1. The lowest BCUT2D eigenvalue weighted by atomic mass is 10.1. The van der Waals surface area contributed by atoms with Gasteiger partial charge < -0.3 is 15.5 Å². The smallest absolute Gasteiger partial charge is 0.336 e. The van der Waals surface area contributed by atoms with Crippen molar-refractivity contribution in [3.8, 4) is 0 Å². The Morgan fingerprint density at radius 1 is 1.17 bits per heavy atom. The molecular weight excluding hydrogens is 238 g/mol. The van der Waals surface area contributed by atoms with Crippen molar-refractivity contribution < 1.29 is 24.6 Å².